The predicted molar refractivity (Wildman–Crippen MR) is 112 cm³/mol. The summed E-state index contributed by atoms with van der Waals surface area (Å²) in [6, 6.07) is 7.61. The molecule has 0 radical (unpaired) electrons. The van der Waals surface area contributed by atoms with E-state index in [1.807, 2.05) is 45.0 Å². The quantitative estimate of drug-likeness (QED) is 0.545. The number of nitrogens with zero attached hydrogens (tertiary/aromatic N) is 4. The number of carbonyl (C=O) groups is 1. The van der Waals surface area contributed by atoms with Crippen LogP contribution in [0, 0.1) is 20.8 Å². The van der Waals surface area contributed by atoms with E-state index in [4.69, 9.17) is 4.74 Å². The molecule has 1 N–H and O–H groups in total. The molecule has 4 rings (SSSR count). The zero-order valence-corrected chi connectivity index (χ0v) is 17.5. The van der Waals surface area contributed by atoms with Crippen LogP contribution in [0.1, 0.15) is 25.9 Å². The van der Waals surface area contributed by atoms with Crippen LogP contribution in [0.3, 0.4) is 0 Å². The van der Waals surface area contributed by atoms with Crippen LogP contribution in [0.2, 0.25) is 0 Å². The molecule has 29 heavy (non-hydrogen) atoms. The molecule has 1 aromatic carbocycles. The summed E-state index contributed by atoms with van der Waals surface area (Å²) < 4.78 is 8.27. The smallest absolute Gasteiger partial charge is 0.350 e. The van der Waals surface area contributed by atoms with Crippen LogP contribution in [0.15, 0.2) is 29.1 Å². The van der Waals surface area contributed by atoms with Gasteiger partial charge in [0.2, 0.25) is 0 Å². The van der Waals surface area contributed by atoms with Crippen LogP contribution < -0.4 is 15.7 Å². The molecule has 0 aliphatic heterocycles. The predicted octanol–water partition coefficient (Wildman–Crippen LogP) is 2.47. The van der Waals surface area contributed by atoms with E-state index in [-0.39, 0.29) is 18.1 Å². The van der Waals surface area contributed by atoms with Gasteiger partial charge in [0.25, 0.3) is 5.91 Å². The van der Waals surface area contributed by atoms with Crippen LogP contribution >= 0.6 is 11.3 Å². The van der Waals surface area contributed by atoms with Crippen molar-refractivity contribution in [2.24, 2.45) is 0 Å². The number of aromatic nitrogens is 4. The second-order valence-corrected chi connectivity index (χ2v) is 8.02. The van der Waals surface area contributed by atoms with Gasteiger partial charge in [-0.15, -0.1) is 16.4 Å². The summed E-state index contributed by atoms with van der Waals surface area (Å²) in [5.41, 5.74) is 2.70. The monoisotopic (exact) mass is 411 g/mol. The molecule has 9 heteroatoms. The average molecular weight is 411 g/mol. The maximum absolute atomic E-state index is 13.0. The first kappa shape index (κ1) is 19.1. The van der Waals surface area contributed by atoms with Crippen molar-refractivity contribution in [1.29, 1.82) is 0 Å². The molecule has 0 aliphatic rings. The van der Waals surface area contributed by atoms with Gasteiger partial charge in [-0.3, -0.25) is 4.79 Å². The number of methoxy groups -OCH3 is 1. The summed E-state index contributed by atoms with van der Waals surface area (Å²) >= 11 is 1.36. The van der Waals surface area contributed by atoms with Gasteiger partial charge in [-0.25, -0.2) is 18.9 Å². The van der Waals surface area contributed by atoms with Gasteiger partial charge in [0.05, 0.1) is 29.9 Å². The van der Waals surface area contributed by atoms with Crippen molar-refractivity contribution < 1.29 is 9.53 Å². The SMILES string of the molecule is COc1ccc2cc(C)c3nn(CCNC(=O)c4sc(C)nc4C)c(=O)n3c2c1. The largest absolute Gasteiger partial charge is 0.497 e. The lowest BCUT2D eigenvalue weighted by Crippen LogP contribution is -2.31. The third-order valence-electron chi connectivity index (χ3n) is 4.76. The van der Waals surface area contributed by atoms with Crippen LogP contribution in [0.4, 0.5) is 0 Å². The number of carbonyl (C=O) groups excluding carboxylic acids is 1. The zero-order chi connectivity index (χ0) is 20.7. The number of aryl methyl sites for hydroxylation is 3. The Labute approximate surface area is 170 Å². The number of fused-ring (bicyclic) bond motifs is 3. The third-order valence-corrected chi connectivity index (χ3v) is 5.83. The fourth-order valence-corrected chi connectivity index (χ4v) is 4.22. The van der Waals surface area contributed by atoms with E-state index in [2.05, 4.69) is 15.4 Å². The molecule has 0 saturated carbocycles. The number of pyridine rings is 1. The molecule has 3 aromatic heterocycles. The van der Waals surface area contributed by atoms with Gasteiger partial charge in [0.15, 0.2) is 5.65 Å². The minimum atomic E-state index is -0.249. The van der Waals surface area contributed by atoms with Crippen molar-refractivity contribution in [2.75, 3.05) is 13.7 Å². The minimum absolute atomic E-state index is 0.184. The molecule has 0 unspecified atom stereocenters. The fraction of sp³-hybridized carbons (Fsp3) is 0.300. The molecule has 1 amide bonds. The van der Waals surface area contributed by atoms with Crippen LogP contribution in [0.5, 0.6) is 5.75 Å². The van der Waals surface area contributed by atoms with Gasteiger partial charge >= 0.3 is 5.69 Å². The maximum Gasteiger partial charge on any atom is 0.350 e. The summed E-state index contributed by atoms with van der Waals surface area (Å²) in [4.78, 5) is 30.2. The molecule has 3 heterocycles. The van der Waals surface area contributed by atoms with Gasteiger partial charge in [-0.05, 0) is 49.9 Å². The number of amides is 1. The van der Waals surface area contributed by atoms with E-state index in [0.717, 1.165) is 21.5 Å². The molecular weight excluding hydrogens is 390 g/mol. The van der Waals surface area contributed by atoms with E-state index in [0.29, 0.717) is 28.5 Å². The maximum atomic E-state index is 13.0. The van der Waals surface area contributed by atoms with Gasteiger partial charge < -0.3 is 10.1 Å². The third kappa shape index (κ3) is 3.38. The Morgan fingerprint density at radius 1 is 1.24 bits per heavy atom. The van der Waals surface area contributed by atoms with Crippen molar-refractivity contribution in [1.82, 2.24) is 24.5 Å². The molecule has 0 atom stereocenters. The number of benzene rings is 1. The standard InChI is InChI=1S/C20H21N5O3S/c1-11-9-14-5-6-15(28-4)10-16(14)25-18(11)23-24(20(25)27)8-7-21-19(26)17-12(2)22-13(3)29-17/h5-6,9-10H,7-8H2,1-4H3,(H,21,26). The van der Waals surface area contributed by atoms with Crippen LogP contribution in [-0.4, -0.2) is 38.7 Å². The number of hydrogen-bond donors (Lipinski definition) is 1. The Morgan fingerprint density at radius 3 is 2.72 bits per heavy atom. The molecule has 150 valence electrons. The first-order chi connectivity index (χ1) is 13.9. The van der Waals surface area contributed by atoms with E-state index >= 15 is 0 Å². The van der Waals surface area contributed by atoms with E-state index in [1.54, 1.807) is 11.5 Å². The Hall–Kier alpha value is -3.20. The highest BCUT2D eigenvalue weighted by Gasteiger charge is 2.15. The Morgan fingerprint density at radius 2 is 2.03 bits per heavy atom. The summed E-state index contributed by atoms with van der Waals surface area (Å²) in [6.45, 7) is 6.17. The normalized spacial score (nSPS) is 11.3. The van der Waals surface area contributed by atoms with E-state index < -0.39 is 0 Å². The van der Waals surface area contributed by atoms with Crippen molar-refractivity contribution >= 4 is 33.8 Å². The molecule has 0 aliphatic carbocycles. The molecule has 0 spiro atoms. The topological polar surface area (TPSA) is 90.5 Å². The first-order valence-electron chi connectivity index (χ1n) is 9.18. The second kappa shape index (κ2) is 7.32. The lowest BCUT2D eigenvalue weighted by Gasteiger charge is -2.05. The zero-order valence-electron chi connectivity index (χ0n) is 16.6. The van der Waals surface area contributed by atoms with Crippen molar-refractivity contribution in [2.45, 2.75) is 27.3 Å². The molecule has 4 aromatic rings. The number of thiazole rings is 1. The molecular formula is C20H21N5O3S. The fourth-order valence-electron chi connectivity index (χ4n) is 3.39. The minimum Gasteiger partial charge on any atom is -0.497 e. The number of ether oxygens (including phenoxy) is 1. The first-order valence-corrected chi connectivity index (χ1v) is 10.00. The summed E-state index contributed by atoms with van der Waals surface area (Å²) in [6.07, 6.45) is 0. The van der Waals surface area contributed by atoms with Gasteiger partial charge in [-0.1, -0.05) is 0 Å². The Kier molecular flexibility index (Phi) is 4.83. The Balaban J connectivity index is 1.63. The molecule has 0 saturated heterocycles. The summed E-state index contributed by atoms with van der Waals surface area (Å²) in [7, 11) is 1.59. The lowest BCUT2D eigenvalue weighted by molar-refractivity contribution is 0.0955. The highest BCUT2D eigenvalue weighted by Crippen LogP contribution is 2.23. The van der Waals surface area contributed by atoms with Gasteiger partial charge in [-0.2, -0.15) is 0 Å². The van der Waals surface area contributed by atoms with Gasteiger partial charge in [0, 0.05) is 12.6 Å². The molecule has 0 fully saturated rings. The Bertz CT molecular complexity index is 1300. The molecule has 8 nitrogen and oxygen atoms in total. The lowest BCUT2D eigenvalue weighted by atomic mass is 10.1. The van der Waals surface area contributed by atoms with Crippen LogP contribution in [0.25, 0.3) is 16.6 Å². The number of hydrogen-bond acceptors (Lipinski definition) is 6. The van der Waals surface area contributed by atoms with Gasteiger partial charge in [0.1, 0.15) is 10.6 Å². The highest BCUT2D eigenvalue weighted by atomic mass is 32.1. The average Bonchev–Trinajstić information content (AvgIpc) is 3.21. The van der Waals surface area contributed by atoms with Crippen molar-refractivity contribution in [3.05, 3.63) is 55.9 Å². The second-order valence-electron chi connectivity index (χ2n) is 6.82. The van der Waals surface area contributed by atoms with Crippen molar-refractivity contribution in [3.63, 3.8) is 0 Å². The highest BCUT2D eigenvalue weighted by molar-refractivity contribution is 7.13. The number of nitrogens with one attached hydrogen (secondary N) is 1. The van der Waals surface area contributed by atoms with Crippen molar-refractivity contribution in [3.8, 4) is 5.75 Å². The molecule has 0 bridgehead atoms. The van der Waals surface area contributed by atoms with Crippen LogP contribution in [-0.2, 0) is 6.54 Å². The van der Waals surface area contributed by atoms with E-state index in [9.17, 15) is 9.59 Å². The van der Waals surface area contributed by atoms with E-state index in [1.165, 1.54) is 16.0 Å². The summed E-state index contributed by atoms with van der Waals surface area (Å²) in [5.74, 6) is 0.487. The summed E-state index contributed by atoms with van der Waals surface area (Å²) in [5, 5.41) is 9.10. The number of rotatable bonds is 5.